The molecule has 0 heterocycles. The quantitative estimate of drug-likeness (QED) is 0.631. The molecule has 0 spiro atoms. The number of carbonyl (C=O) groups is 1. The summed E-state index contributed by atoms with van der Waals surface area (Å²) in [6, 6.07) is -0.485. The molecule has 2 atom stereocenters. The number of hydrogen-bond donors (Lipinski definition) is 3. The molecular formula is C11H24N2O2. The van der Waals surface area contributed by atoms with Crippen molar-refractivity contribution in [2.75, 3.05) is 6.61 Å². The summed E-state index contributed by atoms with van der Waals surface area (Å²) in [6.45, 7) is 8.05. The van der Waals surface area contributed by atoms with Crippen LogP contribution >= 0.6 is 0 Å². The zero-order valence-electron chi connectivity index (χ0n) is 10.2. The predicted molar refractivity (Wildman–Crippen MR) is 61.4 cm³/mol. The summed E-state index contributed by atoms with van der Waals surface area (Å²) in [5.74, 6) is -0.133. The number of nitrogens with one attached hydrogen (secondary N) is 1. The van der Waals surface area contributed by atoms with Crippen molar-refractivity contribution in [1.82, 2.24) is 5.32 Å². The molecule has 4 heteroatoms. The smallest absolute Gasteiger partial charge is 0.237 e. The summed E-state index contributed by atoms with van der Waals surface area (Å²) >= 11 is 0. The van der Waals surface area contributed by atoms with E-state index < -0.39 is 6.04 Å². The number of carbonyl (C=O) groups excluding carboxylic acids is 1. The maximum atomic E-state index is 11.6. The number of amides is 1. The predicted octanol–water partition coefficient (Wildman–Crippen LogP) is 0.637. The molecule has 0 aromatic rings. The van der Waals surface area contributed by atoms with Gasteiger partial charge in [0.05, 0.1) is 6.04 Å². The van der Waals surface area contributed by atoms with E-state index in [1.807, 2.05) is 27.7 Å². The average molecular weight is 216 g/mol. The van der Waals surface area contributed by atoms with Gasteiger partial charge in [0.1, 0.15) is 0 Å². The fourth-order valence-corrected chi connectivity index (χ4v) is 1.31. The Balaban J connectivity index is 4.35. The number of rotatable bonds is 5. The lowest BCUT2D eigenvalue weighted by Crippen LogP contribution is -2.50. The van der Waals surface area contributed by atoms with Gasteiger partial charge in [-0.25, -0.2) is 0 Å². The van der Waals surface area contributed by atoms with E-state index in [1.54, 1.807) is 0 Å². The van der Waals surface area contributed by atoms with Gasteiger partial charge in [-0.1, -0.05) is 27.7 Å². The van der Waals surface area contributed by atoms with Crippen molar-refractivity contribution in [1.29, 1.82) is 0 Å². The van der Waals surface area contributed by atoms with Crippen molar-refractivity contribution in [3.8, 4) is 0 Å². The second-order valence-corrected chi connectivity index (χ2v) is 4.95. The summed E-state index contributed by atoms with van der Waals surface area (Å²) in [5.41, 5.74) is 5.57. The fraction of sp³-hybridized carbons (Fsp3) is 0.909. The Hall–Kier alpha value is -0.610. The highest BCUT2D eigenvalue weighted by Crippen LogP contribution is 2.21. The van der Waals surface area contributed by atoms with Crippen molar-refractivity contribution in [2.45, 2.75) is 52.6 Å². The Labute approximate surface area is 92.2 Å². The molecule has 0 saturated heterocycles. The zero-order valence-corrected chi connectivity index (χ0v) is 10.2. The van der Waals surface area contributed by atoms with Crippen LogP contribution in [0, 0.1) is 5.41 Å². The third kappa shape index (κ3) is 5.14. The normalized spacial score (nSPS) is 15.9. The van der Waals surface area contributed by atoms with Crippen molar-refractivity contribution in [3.05, 3.63) is 0 Å². The van der Waals surface area contributed by atoms with E-state index in [4.69, 9.17) is 10.8 Å². The van der Waals surface area contributed by atoms with Crippen LogP contribution in [0.5, 0.6) is 0 Å². The summed E-state index contributed by atoms with van der Waals surface area (Å²) < 4.78 is 0. The van der Waals surface area contributed by atoms with Crippen molar-refractivity contribution in [2.24, 2.45) is 11.1 Å². The van der Waals surface area contributed by atoms with Gasteiger partial charge >= 0.3 is 0 Å². The Kier molecular flexibility index (Phi) is 5.83. The molecule has 0 aliphatic rings. The molecule has 0 aliphatic heterocycles. The zero-order chi connectivity index (χ0) is 12.1. The molecule has 0 aromatic carbocycles. The number of aliphatic hydroxyl groups excluding tert-OH is 1. The first-order valence-electron chi connectivity index (χ1n) is 5.49. The van der Waals surface area contributed by atoms with Gasteiger partial charge in [0, 0.05) is 12.6 Å². The largest absolute Gasteiger partial charge is 0.396 e. The van der Waals surface area contributed by atoms with Crippen LogP contribution in [0.2, 0.25) is 0 Å². The Morgan fingerprint density at radius 3 is 2.33 bits per heavy atom. The SMILES string of the molecule is CC[C@@H](N)C(=O)NC(CCO)C(C)(C)C. The minimum atomic E-state index is -0.450. The van der Waals surface area contributed by atoms with E-state index in [0.717, 1.165) is 0 Å². The van der Waals surface area contributed by atoms with Crippen LogP contribution < -0.4 is 11.1 Å². The molecule has 0 fully saturated rings. The van der Waals surface area contributed by atoms with Crippen LogP contribution in [0.1, 0.15) is 40.5 Å². The van der Waals surface area contributed by atoms with Crippen LogP contribution in [-0.4, -0.2) is 29.7 Å². The topological polar surface area (TPSA) is 75.4 Å². The molecule has 0 aliphatic carbocycles. The molecule has 4 N–H and O–H groups in total. The van der Waals surface area contributed by atoms with Gasteiger partial charge in [-0.3, -0.25) is 4.79 Å². The Bertz CT molecular complexity index is 199. The Morgan fingerprint density at radius 1 is 1.47 bits per heavy atom. The standard InChI is InChI=1S/C11H24N2O2/c1-5-8(12)10(15)13-9(6-7-14)11(2,3)4/h8-9,14H,5-7,12H2,1-4H3,(H,13,15)/t8-,9?/m1/s1. The second-order valence-electron chi connectivity index (χ2n) is 4.95. The van der Waals surface area contributed by atoms with Gasteiger partial charge in [-0.15, -0.1) is 0 Å². The molecule has 0 bridgehead atoms. The molecule has 0 radical (unpaired) electrons. The molecule has 15 heavy (non-hydrogen) atoms. The van der Waals surface area contributed by atoms with Gasteiger partial charge in [-0.05, 0) is 18.3 Å². The first-order chi connectivity index (χ1) is 6.82. The maximum absolute atomic E-state index is 11.6. The Morgan fingerprint density at radius 2 is 2.00 bits per heavy atom. The van der Waals surface area contributed by atoms with Gasteiger partial charge in [-0.2, -0.15) is 0 Å². The molecule has 1 amide bonds. The van der Waals surface area contributed by atoms with Crippen LogP contribution in [0.15, 0.2) is 0 Å². The molecular weight excluding hydrogens is 192 g/mol. The van der Waals surface area contributed by atoms with Crippen LogP contribution in [0.4, 0.5) is 0 Å². The molecule has 90 valence electrons. The minimum absolute atomic E-state index is 0.0346. The van der Waals surface area contributed by atoms with E-state index in [-0.39, 0.29) is 24.0 Å². The second kappa shape index (κ2) is 6.08. The summed E-state index contributed by atoms with van der Waals surface area (Å²) in [7, 11) is 0. The van der Waals surface area contributed by atoms with E-state index in [2.05, 4.69) is 5.32 Å². The molecule has 0 aromatic heterocycles. The lowest BCUT2D eigenvalue weighted by molar-refractivity contribution is -0.124. The van der Waals surface area contributed by atoms with Crippen molar-refractivity contribution in [3.63, 3.8) is 0 Å². The van der Waals surface area contributed by atoms with E-state index >= 15 is 0 Å². The highest BCUT2D eigenvalue weighted by Gasteiger charge is 2.26. The number of nitrogens with two attached hydrogens (primary N) is 1. The van der Waals surface area contributed by atoms with Crippen molar-refractivity contribution < 1.29 is 9.90 Å². The number of hydrogen-bond acceptors (Lipinski definition) is 3. The lowest BCUT2D eigenvalue weighted by atomic mass is 9.84. The highest BCUT2D eigenvalue weighted by atomic mass is 16.3. The highest BCUT2D eigenvalue weighted by molar-refractivity contribution is 5.81. The van der Waals surface area contributed by atoms with Crippen LogP contribution in [0.25, 0.3) is 0 Å². The summed E-state index contributed by atoms with van der Waals surface area (Å²) in [4.78, 5) is 11.6. The van der Waals surface area contributed by atoms with E-state index in [0.29, 0.717) is 12.8 Å². The lowest BCUT2D eigenvalue weighted by Gasteiger charge is -2.31. The summed E-state index contributed by atoms with van der Waals surface area (Å²) in [6.07, 6.45) is 1.19. The molecule has 1 unspecified atom stereocenters. The average Bonchev–Trinajstić information content (AvgIpc) is 2.14. The van der Waals surface area contributed by atoms with Gasteiger partial charge in [0.2, 0.25) is 5.91 Å². The van der Waals surface area contributed by atoms with Crippen LogP contribution in [0.3, 0.4) is 0 Å². The van der Waals surface area contributed by atoms with E-state index in [9.17, 15) is 4.79 Å². The molecule has 0 saturated carbocycles. The minimum Gasteiger partial charge on any atom is -0.396 e. The van der Waals surface area contributed by atoms with Crippen molar-refractivity contribution >= 4 is 5.91 Å². The van der Waals surface area contributed by atoms with Crippen LogP contribution in [-0.2, 0) is 4.79 Å². The third-order valence-electron chi connectivity index (χ3n) is 2.56. The maximum Gasteiger partial charge on any atom is 0.237 e. The molecule has 4 nitrogen and oxygen atoms in total. The van der Waals surface area contributed by atoms with E-state index in [1.165, 1.54) is 0 Å². The first-order valence-corrected chi connectivity index (χ1v) is 5.49. The van der Waals surface area contributed by atoms with Gasteiger partial charge in [0.25, 0.3) is 0 Å². The third-order valence-corrected chi connectivity index (χ3v) is 2.56. The number of aliphatic hydroxyl groups is 1. The first kappa shape index (κ1) is 14.4. The van der Waals surface area contributed by atoms with Gasteiger partial charge < -0.3 is 16.2 Å². The van der Waals surface area contributed by atoms with Gasteiger partial charge in [0.15, 0.2) is 0 Å². The monoisotopic (exact) mass is 216 g/mol. The summed E-state index contributed by atoms with van der Waals surface area (Å²) in [5, 5.41) is 11.8. The molecule has 0 rings (SSSR count). The fourth-order valence-electron chi connectivity index (χ4n) is 1.31.